The molecule has 0 aliphatic carbocycles. The Morgan fingerprint density at radius 3 is 2.66 bits per heavy atom. The molecule has 1 aromatic carbocycles. The molecule has 0 saturated carbocycles. The van der Waals surface area contributed by atoms with Crippen molar-refractivity contribution < 1.29 is 14.1 Å². The first-order valence-corrected chi connectivity index (χ1v) is 11.1. The van der Waals surface area contributed by atoms with Gasteiger partial charge in [0, 0.05) is 5.69 Å². The lowest BCUT2D eigenvalue weighted by atomic mass is 9.99. The lowest BCUT2D eigenvalue weighted by molar-refractivity contribution is -0.907. The molecule has 1 amide bonds. The molecule has 6 nitrogen and oxygen atoms in total. The van der Waals surface area contributed by atoms with Crippen LogP contribution in [0.1, 0.15) is 51.0 Å². The van der Waals surface area contributed by atoms with E-state index >= 15 is 0 Å². The van der Waals surface area contributed by atoms with E-state index < -0.39 is 0 Å². The Bertz CT molecular complexity index is 890. The number of aromatic nitrogens is 2. The average Bonchev–Trinajstić information content (AvgIpc) is 3.40. The number of anilines is 1. The Hall–Kier alpha value is -2.51. The second-order valence-corrected chi connectivity index (χ2v) is 8.26. The van der Waals surface area contributed by atoms with E-state index in [0.29, 0.717) is 30.8 Å². The van der Waals surface area contributed by atoms with E-state index in [4.69, 9.17) is 4.42 Å². The van der Waals surface area contributed by atoms with Gasteiger partial charge in [0.15, 0.2) is 13.1 Å². The second-order valence-electron chi connectivity index (χ2n) is 7.31. The van der Waals surface area contributed by atoms with Gasteiger partial charge in [-0.2, -0.15) is 0 Å². The minimum absolute atomic E-state index is 0.0114. The Balaban J connectivity index is 1.57. The molecule has 2 heterocycles. The molecule has 0 radical (unpaired) electrons. The van der Waals surface area contributed by atoms with Crippen molar-refractivity contribution in [3.05, 3.63) is 53.2 Å². The summed E-state index contributed by atoms with van der Waals surface area (Å²) in [7, 11) is 0. The van der Waals surface area contributed by atoms with Gasteiger partial charge in [0.2, 0.25) is 0 Å². The number of hydrogen-bond donors (Lipinski definition) is 2. The van der Waals surface area contributed by atoms with Crippen molar-refractivity contribution >= 4 is 22.9 Å². The molecular weight excluding hydrogens is 384 g/mol. The quantitative estimate of drug-likeness (QED) is 0.531. The molecule has 7 heteroatoms. The van der Waals surface area contributed by atoms with Crippen LogP contribution >= 0.6 is 11.3 Å². The maximum absolute atomic E-state index is 12.6. The molecule has 0 saturated heterocycles. The lowest BCUT2D eigenvalue weighted by Crippen LogP contribution is -3.11. The fraction of sp³-hybridized carbons (Fsp3) is 0.409. The summed E-state index contributed by atoms with van der Waals surface area (Å²) in [5.74, 6) is 1.61. The number of carbonyl (C=O) groups excluding carboxylic acids is 1. The van der Waals surface area contributed by atoms with E-state index in [1.807, 2.05) is 29.6 Å². The number of hydrogen-bond acceptors (Lipinski definition) is 5. The van der Waals surface area contributed by atoms with Gasteiger partial charge in [-0.05, 0) is 47.9 Å². The highest BCUT2D eigenvalue weighted by molar-refractivity contribution is 7.13. The van der Waals surface area contributed by atoms with E-state index in [1.165, 1.54) is 5.56 Å². The second kappa shape index (κ2) is 10.3. The molecule has 2 aromatic heterocycles. The minimum atomic E-state index is -0.0114. The Labute approximate surface area is 176 Å². The molecule has 3 aromatic rings. The Morgan fingerprint density at radius 1 is 1.21 bits per heavy atom. The highest BCUT2D eigenvalue weighted by Gasteiger charge is 2.19. The molecular formula is C22H29N4O2S+. The number of nitrogens with one attached hydrogen (secondary N) is 2. The number of amides is 1. The largest absolute Gasteiger partial charge is 0.414 e. The van der Waals surface area contributed by atoms with Gasteiger partial charge >= 0.3 is 0 Å². The monoisotopic (exact) mass is 413 g/mol. The van der Waals surface area contributed by atoms with Gasteiger partial charge in [-0.25, -0.2) is 0 Å². The van der Waals surface area contributed by atoms with Crippen molar-refractivity contribution in [2.75, 3.05) is 18.4 Å². The van der Waals surface area contributed by atoms with Crippen LogP contribution in [0.4, 0.5) is 5.69 Å². The number of nitrogens with zero attached hydrogens (tertiary/aromatic N) is 2. The van der Waals surface area contributed by atoms with E-state index in [9.17, 15) is 4.79 Å². The van der Waals surface area contributed by atoms with E-state index in [1.54, 1.807) is 11.3 Å². The van der Waals surface area contributed by atoms with Crippen molar-refractivity contribution in [2.24, 2.45) is 0 Å². The zero-order valence-electron chi connectivity index (χ0n) is 17.3. The zero-order valence-corrected chi connectivity index (χ0v) is 18.1. The van der Waals surface area contributed by atoms with Crippen molar-refractivity contribution in [1.29, 1.82) is 0 Å². The maximum atomic E-state index is 12.6. The predicted octanol–water partition coefficient (Wildman–Crippen LogP) is 3.75. The third-order valence-corrected chi connectivity index (χ3v) is 5.85. The highest BCUT2D eigenvalue weighted by Crippen LogP contribution is 2.23. The fourth-order valence-corrected chi connectivity index (χ4v) is 3.84. The van der Waals surface area contributed by atoms with Crippen LogP contribution in [-0.2, 0) is 11.3 Å². The predicted molar refractivity (Wildman–Crippen MR) is 116 cm³/mol. The van der Waals surface area contributed by atoms with Gasteiger partial charge in [0.25, 0.3) is 17.7 Å². The van der Waals surface area contributed by atoms with Gasteiger partial charge in [0.1, 0.15) is 0 Å². The van der Waals surface area contributed by atoms with Crippen LogP contribution in [0.5, 0.6) is 0 Å². The summed E-state index contributed by atoms with van der Waals surface area (Å²) in [6, 6.07) is 12.0. The third-order valence-electron chi connectivity index (χ3n) is 4.99. The van der Waals surface area contributed by atoms with E-state index in [0.717, 1.165) is 34.9 Å². The molecule has 2 atom stereocenters. The van der Waals surface area contributed by atoms with Crippen LogP contribution in [-0.4, -0.2) is 29.2 Å². The molecule has 0 bridgehead atoms. The van der Waals surface area contributed by atoms with Gasteiger partial charge in [-0.3, -0.25) is 4.79 Å². The smallest absolute Gasteiger partial charge is 0.279 e. The first kappa shape index (κ1) is 21.2. The molecule has 29 heavy (non-hydrogen) atoms. The van der Waals surface area contributed by atoms with Gasteiger partial charge < -0.3 is 14.6 Å². The summed E-state index contributed by atoms with van der Waals surface area (Å²) in [5.41, 5.74) is 2.12. The molecule has 0 aliphatic heterocycles. The SMILES string of the molecule is CCC[NH+](CC(=O)Nc1ccc([C@H](C)CC)cc1)Cc1nnc(-c2cccs2)o1. The van der Waals surface area contributed by atoms with Crippen molar-refractivity contribution in [3.63, 3.8) is 0 Å². The van der Waals surface area contributed by atoms with Gasteiger partial charge in [-0.1, -0.05) is 39.0 Å². The first-order valence-electron chi connectivity index (χ1n) is 10.2. The van der Waals surface area contributed by atoms with E-state index in [2.05, 4.69) is 48.4 Å². The number of thiophene rings is 1. The number of rotatable bonds is 10. The zero-order chi connectivity index (χ0) is 20.6. The summed E-state index contributed by atoms with van der Waals surface area (Å²) >= 11 is 1.57. The number of carbonyl (C=O) groups is 1. The van der Waals surface area contributed by atoms with Crippen LogP contribution in [0.25, 0.3) is 10.8 Å². The normalized spacial score (nSPS) is 13.2. The summed E-state index contributed by atoms with van der Waals surface area (Å²) in [6.45, 7) is 8.25. The molecule has 3 rings (SSSR count). The highest BCUT2D eigenvalue weighted by atomic mass is 32.1. The molecule has 0 fully saturated rings. The van der Waals surface area contributed by atoms with E-state index in [-0.39, 0.29) is 5.91 Å². The molecule has 154 valence electrons. The summed E-state index contributed by atoms with van der Waals surface area (Å²) in [4.78, 5) is 14.6. The summed E-state index contributed by atoms with van der Waals surface area (Å²) in [6.07, 6.45) is 2.07. The molecule has 0 spiro atoms. The van der Waals surface area contributed by atoms with Crippen molar-refractivity contribution in [3.8, 4) is 10.8 Å². The Morgan fingerprint density at radius 2 is 2.00 bits per heavy atom. The molecule has 1 unspecified atom stereocenters. The Kier molecular flexibility index (Phi) is 7.55. The topological polar surface area (TPSA) is 72.5 Å². The summed E-state index contributed by atoms with van der Waals surface area (Å²) < 4.78 is 5.79. The lowest BCUT2D eigenvalue weighted by Gasteiger charge is -2.17. The maximum Gasteiger partial charge on any atom is 0.279 e. The van der Waals surface area contributed by atoms with Crippen LogP contribution in [0.2, 0.25) is 0 Å². The molecule has 0 aliphatic rings. The van der Waals surface area contributed by atoms with Crippen molar-refractivity contribution in [1.82, 2.24) is 10.2 Å². The van der Waals surface area contributed by atoms with Crippen LogP contribution < -0.4 is 10.2 Å². The van der Waals surface area contributed by atoms with Crippen molar-refractivity contribution in [2.45, 2.75) is 46.1 Å². The number of quaternary nitrogens is 1. The van der Waals surface area contributed by atoms with Crippen LogP contribution in [0.15, 0.2) is 46.2 Å². The van der Waals surface area contributed by atoms with Crippen LogP contribution in [0, 0.1) is 0 Å². The molecule has 2 N–H and O–H groups in total. The first-order chi connectivity index (χ1) is 14.1. The third kappa shape index (κ3) is 5.98. The minimum Gasteiger partial charge on any atom is -0.414 e. The van der Waals surface area contributed by atoms with Gasteiger partial charge in [0.05, 0.1) is 11.4 Å². The standard InChI is InChI=1S/C22H28N4O2S/c1-4-12-26(15-21-24-25-22(28-21)19-7-6-13-29-19)14-20(27)23-18-10-8-17(9-11-18)16(3)5-2/h6-11,13,16H,4-5,12,14-15H2,1-3H3,(H,23,27)/p+1/t16-/m1/s1. The fourth-order valence-electron chi connectivity index (χ4n) is 3.19. The number of benzene rings is 1. The van der Waals surface area contributed by atoms with Gasteiger partial charge in [-0.15, -0.1) is 21.5 Å². The average molecular weight is 414 g/mol. The summed E-state index contributed by atoms with van der Waals surface area (Å²) in [5, 5.41) is 13.3. The van der Waals surface area contributed by atoms with Crippen LogP contribution in [0.3, 0.4) is 0 Å².